The zero-order valence-electron chi connectivity index (χ0n) is 15.7. The molecule has 28 heavy (non-hydrogen) atoms. The Hall–Kier alpha value is -2.92. The zero-order valence-corrected chi connectivity index (χ0v) is 16.4. The van der Waals surface area contributed by atoms with E-state index in [4.69, 9.17) is 11.6 Å². The summed E-state index contributed by atoms with van der Waals surface area (Å²) in [6.07, 6.45) is 0.865. The molecule has 1 aromatic heterocycles. The number of nitrogens with one attached hydrogen (secondary N) is 1. The summed E-state index contributed by atoms with van der Waals surface area (Å²) in [7, 11) is 0. The molecular formula is C22H21ClN4O. The number of aromatic nitrogens is 2. The third kappa shape index (κ3) is 3.99. The first-order chi connectivity index (χ1) is 13.6. The van der Waals surface area contributed by atoms with Gasteiger partial charge >= 0.3 is 0 Å². The summed E-state index contributed by atoms with van der Waals surface area (Å²) in [4.78, 5) is 23.7. The monoisotopic (exact) mass is 392 g/mol. The molecule has 4 rings (SSSR count). The van der Waals surface area contributed by atoms with Crippen LogP contribution in [-0.4, -0.2) is 27.3 Å². The number of nitrogens with zero attached hydrogens (tertiary/aromatic N) is 3. The maximum Gasteiger partial charge on any atom is 0.272 e. The number of hydrogen-bond donors (Lipinski definition) is 1. The first-order valence-electron chi connectivity index (χ1n) is 9.29. The lowest BCUT2D eigenvalue weighted by molar-refractivity contribution is 0.0728. The van der Waals surface area contributed by atoms with Gasteiger partial charge in [0.25, 0.3) is 5.91 Å². The molecule has 0 unspecified atom stereocenters. The van der Waals surface area contributed by atoms with Gasteiger partial charge in [0, 0.05) is 30.7 Å². The van der Waals surface area contributed by atoms with Crippen molar-refractivity contribution in [3.8, 4) is 0 Å². The Morgan fingerprint density at radius 3 is 2.68 bits per heavy atom. The lowest BCUT2D eigenvalue weighted by Crippen LogP contribution is -2.36. The van der Waals surface area contributed by atoms with Crippen molar-refractivity contribution in [2.24, 2.45) is 0 Å². The number of carbonyl (C=O) groups excluding carboxylic acids is 1. The van der Waals surface area contributed by atoms with Crippen LogP contribution in [0, 0.1) is 6.92 Å². The highest BCUT2D eigenvalue weighted by atomic mass is 35.5. The minimum Gasteiger partial charge on any atom is -0.366 e. The molecule has 2 heterocycles. The van der Waals surface area contributed by atoms with Crippen LogP contribution < -0.4 is 5.32 Å². The SMILES string of the molecule is Cc1nc(NCc2ccccc2Cl)cc(C(=O)N2CCc3ccccc3C2)n1. The van der Waals surface area contributed by atoms with Gasteiger partial charge in [-0.3, -0.25) is 4.79 Å². The molecule has 142 valence electrons. The van der Waals surface area contributed by atoms with Gasteiger partial charge in [-0.15, -0.1) is 0 Å². The minimum absolute atomic E-state index is 0.0687. The number of rotatable bonds is 4. The van der Waals surface area contributed by atoms with Crippen LogP contribution in [0.4, 0.5) is 5.82 Å². The molecule has 0 saturated carbocycles. The quantitative estimate of drug-likeness (QED) is 0.721. The molecule has 0 atom stereocenters. The molecule has 1 amide bonds. The summed E-state index contributed by atoms with van der Waals surface area (Å²) in [5.41, 5.74) is 3.90. The second-order valence-electron chi connectivity index (χ2n) is 6.88. The van der Waals surface area contributed by atoms with Gasteiger partial charge in [-0.2, -0.15) is 0 Å². The van der Waals surface area contributed by atoms with Gasteiger partial charge in [0.15, 0.2) is 0 Å². The van der Waals surface area contributed by atoms with Gasteiger partial charge in [-0.05, 0) is 36.1 Å². The van der Waals surface area contributed by atoms with E-state index in [9.17, 15) is 4.79 Å². The third-order valence-corrected chi connectivity index (χ3v) is 5.26. The number of benzene rings is 2. The molecule has 0 bridgehead atoms. The van der Waals surface area contributed by atoms with Crippen LogP contribution in [0.5, 0.6) is 0 Å². The highest BCUT2D eigenvalue weighted by Gasteiger charge is 2.23. The molecule has 1 N–H and O–H groups in total. The summed E-state index contributed by atoms with van der Waals surface area (Å²) in [6.45, 7) is 3.63. The van der Waals surface area contributed by atoms with E-state index >= 15 is 0 Å². The molecule has 0 spiro atoms. The third-order valence-electron chi connectivity index (χ3n) is 4.89. The summed E-state index contributed by atoms with van der Waals surface area (Å²) >= 11 is 6.21. The summed E-state index contributed by atoms with van der Waals surface area (Å²) in [5.74, 6) is 1.11. The lowest BCUT2D eigenvalue weighted by Gasteiger charge is -2.28. The second kappa shape index (κ2) is 7.98. The van der Waals surface area contributed by atoms with Gasteiger partial charge < -0.3 is 10.2 Å². The fourth-order valence-corrected chi connectivity index (χ4v) is 3.63. The number of halogens is 1. The second-order valence-corrected chi connectivity index (χ2v) is 7.28. The van der Waals surface area contributed by atoms with Gasteiger partial charge in [0.2, 0.25) is 0 Å². The normalized spacial score (nSPS) is 13.1. The fourth-order valence-electron chi connectivity index (χ4n) is 3.43. The Kier molecular flexibility index (Phi) is 5.26. The number of carbonyl (C=O) groups is 1. The zero-order chi connectivity index (χ0) is 19.5. The predicted octanol–water partition coefficient (Wildman–Crippen LogP) is 4.25. The van der Waals surface area contributed by atoms with Crippen LogP contribution in [0.3, 0.4) is 0 Å². The highest BCUT2D eigenvalue weighted by molar-refractivity contribution is 6.31. The molecule has 5 nitrogen and oxygen atoms in total. The van der Waals surface area contributed by atoms with Crippen molar-refractivity contribution in [1.82, 2.24) is 14.9 Å². The van der Waals surface area contributed by atoms with Crippen LogP contribution in [0.2, 0.25) is 5.02 Å². The topological polar surface area (TPSA) is 58.1 Å². The van der Waals surface area contributed by atoms with Gasteiger partial charge in [0.1, 0.15) is 17.3 Å². The van der Waals surface area contributed by atoms with Crippen LogP contribution in [0.25, 0.3) is 0 Å². The number of amides is 1. The Balaban J connectivity index is 1.50. The predicted molar refractivity (Wildman–Crippen MR) is 110 cm³/mol. The van der Waals surface area contributed by atoms with Crippen molar-refractivity contribution in [2.75, 3.05) is 11.9 Å². The van der Waals surface area contributed by atoms with Gasteiger partial charge in [-0.25, -0.2) is 9.97 Å². The van der Waals surface area contributed by atoms with Crippen molar-refractivity contribution in [3.63, 3.8) is 0 Å². The van der Waals surface area contributed by atoms with Crippen molar-refractivity contribution >= 4 is 23.3 Å². The number of anilines is 1. The van der Waals surface area contributed by atoms with E-state index in [1.165, 1.54) is 11.1 Å². The number of fused-ring (bicyclic) bond motifs is 1. The summed E-state index contributed by atoms with van der Waals surface area (Å²) in [6, 6.07) is 17.6. The first kappa shape index (κ1) is 18.4. The van der Waals surface area contributed by atoms with E-state index in [2.05, 4.69) is 27.4 Å². The molecule has 0 radical (unpaired) electrons. The lowest BCUT2D eigenvalue weighted by atomic mass is 10.00. The molecule has 0 fully saturated rings. The average molecular weight is 393 g/mol. The van der Waals surface area contributed by atoms with Crippen molar-refractivity contribution in [2.45, 2.75) is 26.4 Å². The van der Waals surface area contributed by atoms with Crippen LogP contribution in [-0.2, 0) is 19.5 Å². The Bertz CT molecular complexity index is 1020. The maximum atomic E-state index is 13.0. The van der Waals surface area contributed by atoms with Crippen molar-refractivity contribution in [3.05, 3.63) is 87.8 Å². The number of aryl methyl sites for hydroxylation is 1. The highest BCUT2D eigenvalue weighted by Crippen LogP contribution is 2.21. The van der Waals surface area contributed by atoms with E-state index in [-0.39, 0.29) is 5.91 Å². The summed E-state index contributed by atoms with van der Waals surface area (Å²) in [5, 5.41) is 3.95. The Morgan fingerprint density at radius 2 is 1.86 bits per heavy atom. The van der Waals surface area contributed by atoms with Gasteiger partial charge in [-0.1, -0.05) is 54.1 Å². The molecule has 2 aromatic carbocycles. The van der Waals surface area contributed by atoms with Crippen LogP contribution in [0.15, 0.2) is 54.6 Å². The molecular weight excluding hydrogens is 372 g/mol. The van der Waals surface area contributed by atoms with E-state index in [1.54, 1.807) is 13.0 Å². The standard InChI is InChI=1S/C22H21ClN4O/c1-15-25-20(12-21(26-15)24-13-17-7-4-5-9-19(17)23)22(28)27-11-10-16-6-2-3-8-18(16)14-27/h2-9,12H,10-11,13-14H2,1H3,(H,24,25,26). The Morgan fingerprint density at radius 1 is 1.11 bits per heavy atom. The van der Waals surface area contributed by atoms with Crippen LogP contribution in [0.1, 0.15) is 33.0 Å². The van der Waals surface area contributed by atoms with Gasteiger partial charge in [0.05, 0.1) is 0 Å². The smallest absolute Gasteiger partial charge is 0.272 e. The van der Waals surface area contributed by atoms with E-state index in [1.807, 2.05) is 41.3 Å². The van der Waals surface area contributed by atoms with E-state index in [0.29, 0.717) is 42.0 Å². The number of hydrogen-bond acceptors (Lipinski definition) is 4. The minimum atomic E-state index is -0.0687. The summed E-state index contributed by atoms with van der Waals surface area (Å²) < 4.78 is 0. The van der Waals surface area contributed by atoms with Crippen molar-refractivity contribution in [1.29, 1.82) is 0 Å². The molecule has 3 aromatic rings. The molecule has 1 aliphatic rings. The fraction of sp³-hybridized carbons (Fsp3) is 0.227. The molecule has 0 aliphatic carbocycles. The Labute approximate surface area is 169 Å². The van der Waals surface area contributed by atoms with E-state index in [0.717, 1.165) is 12.0 Å². The molecule has 6 heteroatoms. The maximum absolute atomic E-state index is 13.0. The first-order valence-corrected chi connectivity index (χ1v) is 9.67. The molecule has 0 saturated heterocycles. The van der Waals surface area contributed by atoms with Crippen molar-refractivity contribution < 1.29 is 4.79 Å². The molecule has 1 aliphatic heterocycles. The van der Waals surface area contributed by atoms with E-state index < -0.39 is 0 Å². The largest absolute Gasteiger partial charge is 0.366 e. The average Bonchev–Trinajstić information content (AvgIpc) is 2.72. The van der Waals surface area contributed by atoms with Crippen LogP contribution >= 0.6 is 11.6 Å².